The molecule has 1 saturated carbocycles. The lowest BCUT2D eigenvalue weighted by Crippen LogP contribution is -2.33. The van der Waals surface area contributed by atoms with Gasteiger partial charge in [0, 0.05) is 11.9 Å². The number of nitrogens with one attached hydrogen (secondary N) is 1. The van der Waals surface area contributed by atoms with Crippen LogP contribution in [-0.4, -0.2) is 20.6 Å². The lowest BCUT2D eigenvalue weighted by Gasteiger charge is -2.20. The first kappa shape index (κ1) is 14.9. The van der Waals surface area contributed by atoms with Crippen LogP contribution < -0.4 is 10.9 Å². The van der Waals surface area contributed by atoms with E-state index in [1.807, 2.05) is 19.1 Å². The Morgan fingerprint density at radius 3 is 2.88 bits per heavy atom. The van der Waals surface area contributed by atoms with Crippen LogP contribution in [0.25, 0.3) is 0 Å². The number of benzene rings is 1. The predicted octanol–water partition coefficient (Wildman–Crippen LogP) is 2.22. The maximum Gasteiger partial charge on any atom is 0.326 e. The summed E-state index contributed by atoms with van der Waals surface area (Å²) in [5.41, 5.74) is 2.41. The molecule has 2 aliphatic rings. The highest BCUT2D eigenvalue weighted by atomic mass is 16.4. The fraction of sp³-hybridized carbons (Fsp3) is 0.389. The Morgan fingerprint density at radius 2 is 2.21 bits per heavy atom. The van der Waals surface area contributed by atoms with Gasteiger partial charge in [-0.05, 0) is 38.2 Å². The maximum absolute atomic E-state index is 12.8. The number of carbonyl (C=O) groups is 1. The van der Waals surface area contributed by atoms with Crippen LogP contribution in [0.2, 0.25) is 0 Å². The van der Waals surface area contributed by atoms with Crippen LogP contribution in [0.5, 0.6) is 0 Å². The van der Waals surface area contributed by atoms with E-state index in [0.29, 0.717) is 18.5 Å². The third-order valence-electron chi connectivity index (χ3n) is 5.02. The smallest absolute Gasteiger partial charge is 0.326 e. The van der Waals surface area contributed by atoms with Gasteiger partial charge in [-0.15, -0.1) is 0 Å². The molecule has 6 heteroatoms. The highest BCUT2D eigenvalue weighted by Crippen LogP contribution is 2.47. The lowest BCUT2D eigenvalue weighted by atomic mass is 10.0. The number of aryl methyl sites for hydroxylation is 2. The number of anilines is 1. The molecule has 124 valence electrons. The Hall–Kier alpha value is -2.63. The molecule has 24 heavy (non-hydrogen) atoms. The average molecular weight is 325 g/mol. The zero-order chi connectivity index (χ0) is 16.9. The second kappa shape index (κ2) is 5.19. The number of hydrogen-bond donors (Lipinski definition) is 2. The zero-order valence-corrected chi connectivity index (χ0v) is 13.5. The Bertz CT molecular complexity index is 883. The first-order valence-electron chi connectivity index (χ1n) is 8.19. The number of nitrogens with zero attached hydrogens (tertiary/aromatic N) is 2. The number of fused-ring (bicyclic) bond motifs is 1. The van der Waals surface area contributed by atoms with Crippen LogP contribution >= 0.6 is 0 Å². The first-order valence-corrected chi connectivity index (χ1v) is 8.19. The third kappa shape index (κ3) is 2.29. The van der Waals surface area contributed by atoms with E-state index in [9.17, 15) is 14.7 Å². The van der Waals surface area contributed by atoms with Crippen LogP contribution in [0.3, 0.4) is 0 Å². The summed E-state index contributed by atoms with van der Waals surface area (Å²) < 4.78 is 1.38. The summed E-state index contributed by atoms with van der Waals surface area (Å²) >= 11 is 0. The molecule has 4 rings (SSSR count). The number of rotatable bonds is 4. The Balaban J connectivity index is 1.71. The molecule has 1 fully saturated rings. The van der Waals surface area contributed by atoms with Gasteiger partial charge in [0.05, 0.1) is 5.54 Å². The van der Waals surface area contributed by atoms with Gasteiger partial charge in [0.2, 0.25) is 0 Å². The standard InChI is InChI=1S/C18H19N3O3/c1-11-3-2-4-12(9-11)18(7-8-18)20-15-16(22)21-13(10-19-15)5-6-14(21)17(23)24/h2-4,9-10,14H,5-8H2,1H3,(H,19,20)(H,23,24)/t14-/m0/s1. The molecule has 2 aromatic rings. The predicted molar refractivity (Wildman–Crippen MR) is 89.2 cm³/mol. The number of aromatic nitrogens is 2. The minimum atomic E-state index is -0.965. The van der Waals surface area contributed by atoms with Crippen molar-refractivity contribution in [2.75, 3.05) is 5.32 Å². The number of hydrogen-bond acceptors (Lipinski definition) is 4. The van der Waals surface area contributed by atoms with Crippen molar-refractivity contribution < 1.29 is 9.90 Å². The van der Waals surface area contributed by atoms with Gasteiger partial charge in [-0.25, -0.2) is 9.78 Å². The van der Waals surface area contributed by atoms with Gasteiger partial charge < -0.3 is 10.4 Å². The molecular formula is C18H19N3O3. The van der Waals surface area contributed by atoms with E-state index in [-0.39, 0.29) is 16.9 Å². The number of carboxylic acid groups (broad SMARTS) is 1. The molecule has 1 aromatic heterocycles. The van der Waals surface area contributed by atoms with E-state index >= 15 is 0 Å². The summed E-state index contributed by atoms with van der Waals surface area (Å²) in [6, 6.07) is 7.43. The fourth-order valence-electron chi connectivity index (χ4n) is 3.54. The minimum absolute atomic E-state index is 0.242. The summed E-state index contributed by atoms with van der Waals surface area (Å²) in [7, 11) is 0. The van der Waals surface area contributed by atoms with Crippen molar-refractivity contribution in [3.8, 4) is 0 Å². The van der Waals surface area contributed by atoms with E-state index in [4.69, 9.17) is 0 Å². The molecule has 0 unspecified atom stereocenters. The largest absolute Gasteiger partial charge is 0.480 e. The molecular weight excluding hydrogens is 306 g/mol. The highest BCUT2D eigenvalue weighted by molar-refractivity contribution is 5.72. The third-order valence-corrected chi connectivity index (χ3v) is 5.02. The van der Waals surface area contributed by atoms with E-state index in [0.717, 1.165) is 18.4 Å². The van der Waals surface area contributed by atoms with Crippen LogP contribution in [0.4, 0.5) is 5.82 Å². The minimum Gasteiger partial charge on any atom is -0.480 e. The average Bonchev–Trinajstić information content (AvgIpc) is 3.19. The van der Waals surface area contributed by atoms with Gasteiger partial charge in [-0.1, -0.05) is 29.8 Å². The van der Waals surface area contributed by atoms with Gasteiger partial charge in [-0.3, -0.25) is 9.36 Å². The SMILES string of the molecule is Cc1cccc(C2(Nc3ncc4n(c3=O)[C@H](C(=O)O)CC4)CC2)c1. The van der Waals surface area contributed by atoms with Crippen LogP contribution in [0, 0.1) is 6.92 Å². The Kier molecular flexibility index (Phi) is 3.23. The van der Waals surface area contributed by atoms with Gasteiger partial charge in [0.15, 0.2) is 5.82 Å². The van der Waals surface area contributed by atoms with Crippen molar-refractivity contribution in [1.29, 1.82) is 0 Å². The van der Waals surface area contributed by atoms with E-state index < -0.39 is 12.0 Å². The quantitative estimate of drug-likeness (QED) is 0.900. The van der Waals surface area contributed by atoms with E-state index in [1.165, 1.54) is 10.1 Å². The molecule has 1 aromatic carbocycles. The van der Waals surface area contributed by atoms with Crippen LogP contribution in [0.15, 0.2) is 35.3 Å². The fourth-order valence-corrected chi connectivity index (χ4v) is 3.54. The van der Waals surface area contributed by atoms with Crippen molar-refractivity contribution in [1.82, 2.24) is 9.55 Å². The van der Waals surface area contributed by atoms with Crippen molar-refractivity contribution >= 4 is 11.8 Å². The molecule has 2 N–H and O–H groups in total. The molecule has 6 nitrogen and oxygen atoms in total. The number of aliphatic carboxylic acids is 1. The van der Waals surface area contributed by atoms with Crippen molar-refractivity contribution in [2.24, 2.45) is 0 Å². The first-order chi connectivity index (χ1) is 11.5. The van der Waals surface area contributed by atoms with Gasteiger partial charge >= 0.3 is 5.97 Å². The molecule has 2 heterocycles. The normalized spacial score (nSPS) is 20.5. The van der Waals surface area contributed by atoms with Crippen LogP contribution in [0.1, 0.15) is 42.1 Å². The highest BCUT2D eigenvalue weighted by Gasteiger charge is 2.45. The number of carboxylic acids is 1. The van der Waals surface area contributed by atoms with Crippen molar-refractivity contribution in [3.63, 3.8) is 0 Å². The van der Waals surface area contributed by atoms with Gasteiger partial charge in [0.25, 0.3) is 5.56 Å². The van der Waals surface area contributed by atoms with Crippen LogP contribution in [-0.2, 0) is 16.8 Å². The molecule has 1 aliphatic heterocycles. The Morgan fingerprint density at radius 1 is 1.42 bits per heavy atom. The summed E-state index contributed by atoms with van der Waals surface area (Å²) in [6.45, 7) is 2.04. The second-order valence-electron chi connectivity index (χ2n) is 6.74. The van der Waals surface area contributed by atoms with Gasteiger partial charge in [0.1, 0.15) is 6.04 Å². The zero-order valence-electron chi connectivity index (χ0n) is 13.5. The molecule has 0 spiro atoms. The molecule has 1 atom stereocenters. The molecule has 0 amide bonds. The summed E-state index contributed by atoms with van der Waals surface area (Å²) in [5, 5.41) is 12.6. The monoisotopic (exact) mass is 325 g/mol. The molecule has 0 radical (unpaired) electrons. The summed E-state index contributed by atoms with van der Waals surface area (Å²) in [6.07, 6.45) is 4.50. The van der Waals surface area contributed by atoms with Crippen molar-refractivity contribution in [2.45, 2.75) is 44.2 Å². The Labute approximate surface area is 139 Å². The van der Waals surface area contributed by atoms with Crippen molar-refractivity contribution in [3.05, 3.63) is 57.6 Å². The topological polar surface area (TPSA) is 84.2 Å². The molecule has 0 bridgehead atoms. The maximum atomic E-state index is 12.8. The lowest BCUT2D eigenvalue weighted by molar-refractivity contribution is -0.140. The van der Waals surface area contributed by atoms with E-state index in [1.54, 1.807) is 6.20 Å². The second-order valence-corrected chi connectivity index (χ2v) is 6.74. The molecule has 0 saturated heterocycles. The summed E-state index contributed by atoms with van der Waals surface area (Å²) in [4.78, 5) is 28.4. The van der Waals surface area contributed by atoms with E-state index in [2.05, 4.69) is 22.4 Å². The van der Waals surface area contributed by atoms with Gasteiger partial charge in [-0.2, -0.15) is 0 Å². The summed E-state index contributed by atoms with van der Waals surface area (Å²) in [5.74, 6) is -0.723. The molecule has 1 aliphatic carbocycles.